The maximum Gasteiger partial charge on any atom is 0.0102 e. The minimum Gasteiger partial charge on any atom is -0.329 e. The molecule has 0 fully saturated rings. The van der Waals surface area contributed by atoms with Crippen molar-refractivity contribution in [1.29, 1.82) is 0 Å². The summed E-state index contributed by atoms with van der Waals surface area (Å²) in [6.45, 7) is 7.59. The second kappa shape index (κ2) is 38.1. The van der Waals surface area contributed by atoms with Gasteiger partial charge in [0.05, 0.1) is 0 Å². The van der Waals surface area contributed by atoms with E-state index in [0.29, 0.717) is 0 Å². The molecule has 0 spiro atoms. The lowest BCUT2D eigenvalue weighted by atomic mass is 9.93. The minimum atomic E-state index is 0.777. The van der Waals surface area contributed by atoms with Gasteiger partial charge in [0, 0.05) is 19.6 Å². The molecule has 0 saturated heterocycles. The van der Waals surface area contributed by atoms with E-state index in [1.807, 2.05) is 0 Å². The normalized spacial score (nSPS) is 13.2. The van der Waals surface area contributed by atoms with Gasteiger partial charge in [-0.25, -0.2) is 0 Å². The smallest absolute Gasteiger partial charge is 0.0102 e. The van der Waals surface area contributed by atoms with Crippen LogP contribution in [0.15, 0.2) is 48.6 Å². The Labute approximate surface area is 278 Å². The molecule has 0 aromatic heterocycles. The van der Waals surface area contributed by atoms with Gasteiger partial charge in [0.1, 0.15) is 0 Å². The van der Waals surface area contributed by atoms with Crippen LogP contribution >= 0.6 is 0 Å². The van der Waals surface area contributed by atoms with E-state index in [1.54, 1.807) is 0 Å². The number of likely N-dealkylation sites (N-methyl/N-ethyl adjacent to an activating group) is 1. The molecule has 1 atom stereocenters. The Bertz CT molecular complexity index is 646. The number of unbranched alkanes of at least 4 members (excludes halogenated alkanes) is 19. The van der Waals surface area contributed by atoms with Crippen molar-refractivity contribution in [3.63, 3.8) is 0 Å². The van der Waals surface area contributed by atoms with Gasteiger partial charge >= 0.3 is 0 Å². The van der Waals surface area contributed by atoms with Crippen molar-refractivity contribution in [3.05, 3.63) is 48.6 Å². The van der Waals surface area contributed by atoms with Crippen molar-refractivity contribution in [2.45, 2.75) is 187 Å². The van der Waals surface area contributed by atoms with E-state index in [1.165, 1.54) is 173 Å². The molecule has 0 bridgehead atoms. The summed E-state index contributed by atoms with van der Waals surface area (Å²) in [5, 5.41) is 0. The fourth-order valence-electron chi connectivity index (χ4n) is 6.08. The maximum absolute atomic E-state index is 5.83. The van der Waals surface area contributed by atoms with Gasteiger partial charge in [0.25, 0.3) is 0 Å². The first kappa shape index (κ1) is 42.9. The zero-order valence-electron chi connectivity index (χ0n) is 30.4. The molecule has 2 N–H and O–H groups in total. The van der Waals surface area contributed by atoms with Gasteiger partial charge in [0.15, 0.2) is 0 Å². The largest absolute Gasteiger partial charge is 0.329 e. The number of hydrogen-bond acceptors (Lipinski definition) is 2. The summed E-state index contributed by atoms with van der Waals surface area (Å²) in [7, 11) is 2.26. The van der Waals surface area contributed by atoms with Gasteiger partial charge in [-0.1, -0.05) is 152 Å². The molecule has 258 valence electrons. The highest BCUT2D eigenvalue weighted by Crippen LogP contribution is 2.20. The average molecular weight is 613 g/mol. The van der Waals surface area contributed by atoms with E-state index in [4.69, 9.17) is 5.73 Å². The van der Waals surface area contributed by atoms with Gasteiger partial charge in [-0.05, 0) is 96.4 Å². The lowest BCUT2D eigenvalue weighted by Crippen LogP contribution is -2.30. The van der Waals surface area contributed by atoms with Crippen molar-refractivity contribution in [1.82, 2.24) is 4.90 Å². The van der Waals surface area contributed by atoms with E-state index in [2.05, 4.69) is 74.4 Å². The molecule has 2 heteroatoms. The molecule has 0 rings (SSSR count). The molecule has 2 nitrogen and oxygen atoms in total. The predicted octanol–water partition coefficient (Wildman–Crippen LogP) is 13.3. The van der Waals surface area contributed by atoms with Gasteiger partial charge in [-0.2, -0.15) is 0 Å². The van der Waals surface area contributed by atoms with Gasteiger partial charge in [-0.3, -0.25) is 0 Å². The summed E-state index contributed by atoms with van der Waals surface area (Å²) in [5.41, 5.74) is 5.83. The zero-order valence-corrected chi connectivity index (χ0v) is 30.4. The third-order valence-electron chi connectivity index (χ3n) is 8.93. The highest BCUT2D eigenvalue weighted by molar-refractivity contribution is 4.92. The molecule has 44 heavy (non-hydrogen) atoms. The van der Waals surface area contributed by atoms with Crippen molar-refractivity contribution < 1.29 is 0 Å². The summed E-state index contributed by atoms with van der Waals surface area (Å²) in [6.07, 6.45) is 55.3. The van der Waals surface area contributed by atoms with Crippen molar-refractivity contribution in [2.24, 2.45) is 11.7 Å². The number of hydrogen-bond donors (Lipinski definition) is 1. The summed E-state index contributed by atoms with van der Waals surface area (Å²) in [4.78, 5) is 2.47. The summed E-state index contributed by atoms with van der Waals surface area (Å²) in [5.74, 6) is 0.855. The Morgan fingerprint density at radius 3 is 1.25 bits per heavy atom. The molecule has 0 amide bonds. The summed E-state index contributed by atoms with van der Waals surface area (Å²) in [6, 6.07) is 0. The first-order chi connectivity index (χ1) is 21.7. The van der Waals surface area contributed by atoms with Gasteiger partial charge in [0.2, 0.25) is 0 Å². The molecule has 0 aliphatic rings. The second-order valence-corrected chi connectivity index (χ2v) is 13.5. The summed E-state index contributed by atoms with van der Waals surface area (Å²) >= 11 is 0. The monoisotopic (exact) mass is 613 g/mol. The van der Waals surface area contributed by atoms with Crippen molar-refractivity contribution in [2.75, 3.05) is 26.7 Å². The summed E-state index contributed by atoms with van der Waals surface area (Å²) < 4.78 is 0. The molecule has 0 heterocycles. The fourth-order valence-corrected chi connectivity index (χ4v) is 6.08. The molecular formula is C42H80N2. The third-order valence-corrected chi connectivity index (χ3v) is 8.93. The SMILES string of the molecule is CCCCC/C=C\C/C=C\CCCCCCCCC(CCCCCCCC/C=C\CC/C=C\CCCCC)CN(C)CCN. The third kappa shape index (κ3) is 35.4. The van der Waals surface area contributed by atoms with Gasteiger partial charge < -0.3 is 10.6 Å². The van der Waals surface area contributed by atoms with Crippen LogP contribution in [-0.2, 0) is 0 Å². The number of allylic oxidation sites excluding steroid dienone is 8. The molecule has 0 aromatic rings. The highest BCUT2D eigenvalue weighted by atomic mass is 15.1. The van der Waals surface area contributed by atoms with Crippen molar-refractivity contribution in [3.8, 4) is 0 Å². The molecular weight excluding hydrogens is 532 g/mol. The number of nitrogens with two attached hydrogens (primary N) is 1. The fraction of sp³-hybridized carbons (Fsp3) is 0.810. The predicted molar refractivity (Wildman–Crippen MR) is 203 cm³/mol. The molecule has 0 aliphatic carbocycles. The van der Waals surface area contributed by atoms with Crippen LogP contribution in [0.25, 0.3) is 0 Å². The highest BCUT2D eigenvalue weighted by Gasteiger charge is 2.11. The van der Waals surface area contributed by atoms with Crippen LogP contribution in [0.3, 0.4) is 0 Å². The Morgan fingerprint density at radius 2 is 0.818 bits per heavy atom. The average Bonchev–Trinajstić information content (AvgIpc) is 3.02. The Balaban J connectivity index is 3.79. The minimum absolute atomic E-state index is 0.777. The second-order valence-electron chi connectivity index (χ2n) is 13.5. The Hall–Kier alpha value is -1.12. The first-order valence-corrected chi connectivity index (χ1v) is 19.7. The topological polar surface area (TPSA) is 29.3 Å². The standard InChI is InChI=1S/C42H80N2/c1-4-6-8-10-12-14-16-18-20-22-24-26-28-30-32-34-36-38-42(41-44(3)40-39-43)37-35-33-31-29-27-25-23-21-19-17-15-13-11-9-7-5-2/h12-15,19-22,42H,4-11,16-18,23-41,43H2,1-3H3/b14-12-,15-13-,21-19-,22-20-. The van der Waals surface area contributed by atoms with Crippen LogP contribution in [0.5, 0.6) is 0 Å². The van der Waals surface area contributed by atoms with Gasteiger partial charge in [-0.15, -0.1) is 0 Å². The van der Waals surface area contributed by atoms with Crippen LogP contribution in [0.1, 0.15) is 187 Å². The molecule has 1 unspecified atom stereocenters. The molecule has 0 radical (unpaired) electrons. The van der Waals surface area contributed by atoms with Crippen LogP contribution in [0, 0.1) is 5.92 Å². The van der Waals surface area contributed by atoms with Crippen LogP contribution < -0.4 is 5.73 Å². The number of rotatable bonds is 35. The molecule has 0 saturated carbocycles. The number of nitrogens with zero attached hydrogens (tertiary/aromatic N) is 1. The molecule has 0 aliphatic heterocycles. The lowest BCUT2D eigenvalue weighted by molar-refractivity contribution is 0.254. The van der Waals surface area contributed by atoms with Crippen LogP contribution in [-0.4, -0.2) is 31.6 Å². The van der Waals surface area contributed by atoms with Crippen LogP contribution in [0.4, 0.5) is 0 Å². The van der Waals surface area contributed by atoms with E-state index < -0.39 is 0 Å². The van der Waals surface area contributed by atoms with E-state index in [0.717, 1.165) is 25.4 Å². The molecule has 0 aromatic carbocycles. The maximum atomic E-state index is 5.83. The Morgan fingerprint density at radius 1 is 0.455 bits per heavy atom. The Kier molecular flexibility index (Phi) is 37.1. The lowest BCUT2D eigenvalue weighted by Gasteiger charge is -2.24. The van der Waals surface area contributed by atoms with Crippen molar-refractivity contribution >= 4 is 0 Å². The van der Waals surface area contributed by atoms with E-state index >= 15 is 0 Å². The first-order valence-electron chi connectivity index (χ1n) is 19.7. The zero-order chi connectivity index (χ0) is 32.0. The van der Waals surface area contributed by atoms with E-state index in [9.17, 15) is 0 Å². The van der Waals surface area contributed by atoms with E-state index in [-0.39, 0.29) is 0 Å². The van der Waals surface area contributed by atoms with Crippen LogP contribution in [0.2, 0.25) is 0 Å². The quantitative estimate of drug-likeness (QED) is 0.0570.